The van der Waals surface area contributed by atoms with Crippen LogP contribution in [0.25, 0.3) is 6.08 Å². The maximum Gasteiger partial charge on any atom is 0.244 e. The molecule has 0 unspecified atom stereocenters. The molecule has 1 aromatic carbocycles. The van der Waals surface area contributed by atoms with Gasteiger partial charge >= 0.3 is 0 Å². The van der Waals surface area contributed by atoms with Crippen molar-refractivity contribution in [1.82, 2.24) is 5.32 Å². The van der Waals surface area contributed by atoms with Crippen molar-refractivity contribution < 1.29 is 14.3 Å². The Morgan fingerprint density at radius 1 is 1.44 bits per heavy atom. The number of carbonyl (C=O) groups is 1. The van der Waals surface area contributed by atoms with Gasteiger partial charge in [-0.1, -0.05) is 0 Å². The molecule has 0 bridgehead atoms. The van der Waals surface area contributed by atoms with Crippen molar-refractivity contribution in [2.24, 2.45) is 0 Å². The number of ether oxygens (including phenoxy) is 2. The van der Waals surface area contributed by atoms with E-state index < -0.39 is 0 Å². The highest BCUT2D eigenvalue weighted by molar-refractivity contribution is 7.12. The van der Waals surface area contributed by atoms with Gasteiger partial charge in [-0.3, -0.25) is 4.79 Å². The highest BCUT2D eigenvalue weighted by atomic mass is 32.1. The van der Waals surface area contributed by atoms with Gasteiger partial charge in [-0.15, -0.1) is 11.3 Å². The average molecular weight is 357 g/mol. The van der Waals surface area contributed by atoms with E-state index in [1.54, 1.807) is 17.4 Å². The first kappa shape index (κ1) is 17.5. The van der Waals surface area contributed by atoms with Gasteiger partial charge < -0.3 is 14.8 Å². The van der Waals surface area contributed by atoms with Crippen molar-refractivity contribution in [3.05, 3.63) is 51.2 Å². The van der Waals surface area contributed by atoms with Crippen LogP contribution >= 0.6 is 11.3 Å². The predicted molar refractivity (Wildman–Crippen MR) is 101 cm³/mol. The Hall–Kier alpha value is -2.27. The number of nitrogens with one attached hydrogen (secondary N) is 1. The van der Waals surface area contributed by atoms with Gasteiger partial charge in [0.05, 0.1) is 6.61 Å². The van der Waals surface area contributed by atoms with Crippen molar-refractivity contribution in [2.75, 3.05) is 6.61 Å². The minimum atomic E-state index is -0.122. The summed E-state index contributed by atoms with van der Waals surface area (Å²) in [6.45, 7) is 7.06. The molecule has 4 nitrogen and oxygen atoms in total. The molecule has 1 aliphatic heterocycles. The van der Waals surface area contributed by atoms with E-state index in [-0.39, 0.29) is 12.0 Å². The minimum absolute atomic E-state index is 0.122. The highest BCUT2D eigenvalue weighted by Gasteiger charge is 2.21. The monoisotopic (exact) mass is 357 g/mol. The summed E-state index contributed by atoms with van der Waals surface area (Å²) in [6, 6.07) is 8.07. The molecule has 0 saturated carbocycles. The Balaban J connectivity index is 1.66. The Kier molecular flexibility index (Phi) is 5.43. The zero-order valence-corrected chi connectivity index (χ0v) is 15.6. The molecule has 0 radical (unpaired) electrons. The first-order valence-corrected chi connectivity index (χ1v) is 9.34. The fraction of sp³-hybridized carbons (Fsp3) is 0.350. The van der Waals surface area contributed by atoms with Crippen LogP contribution in [0.5, 0.6) is 11.5 Å². The van der Waals surface area contributed by atoms with Gasteiger partial charge in [0, 0.05) is 39.9 Å². The fourth-order valence-corrected chi connectivity index (χ4v) is 3.63. The molecule has 0 aliphatic carbocycles. The molecule has 2 heterocycles. The lowest BCUT2D eigenvalue weighted by Gasteiger charge is -2.13. The summed E-state index contributed by atoms with van der Waals surface area (Å²) in [4.78, 5) is 14.4. The fourth-order valence-electron chi connectivity index (χ4n) is 2.85. The number of thiophene rings is 1. The van der Waals surface area contributed by atoms with Crippen molar-refractivity contribution in [3.63, 3.8) is 0 Å². The van der Waals surface area contributed by atoms with Crippen molar-refractivity contribution in [2.45, 2.75) is 39.8 Å². The van der Waals surface area contributed by atoms with E-state index in [9.17, 15) is 4.79 Å². The lowest BCUT2D eigenvalue weighted by molar-refractivity contribution is -0.116. The molecule has 3 rings (SSSR count). The van der Waals surface area contributed by atoms with E-state index in [0.717, 1.165) is 28.4 Å². The van der Waals surface area contributed by atoms with Gasteiger partial charge in [-0.25, -0.2) is 0 Å². The van der Waals surface area contributed by atoms with E-state index in [1.165, 1.54) is 10.4 Å². The van der Waals surface area contributed by atoms with Crippen LogP contribution in [-0.2, 0) is 17.8 Å². The predicted octanol–water partition coefficient (Wildman–Crippen LogP) is 4.11. The summed E-state index contributed by atoms with van der Waals surface area (Å²) in [7, 11) is 0. The Bertz CT molecular complexity index is 794. The van der Waals surface area contributed by atoms with E-state index >= 15 is 0 Å². The van der Waals surface area contributed by atoms with Gasteiger partial charge in [0.25, 0.3) is 0 Å². The van der Waals surface area contributed by atoms with Crippen LogP contribution < -0.4 is 14.8 Å². The largest absolute Gasteiger partial charge is 0.494 e. The van der Waals surface area contributed by atoms with Gasteiger partial charge in [0.15, 0.2) is 0 Å². The Labute approximate surface area is 152 Å². The Morgan fingerprint density at radius 3 is 3.00 bits per heavy atom. The summed E-state index contributed by atoms with van der Waals surface area (Å²) in [5.74, 6) is 1.59. The molecule has 25 heavy (non-hydrogen) atoms. The smallest absolute Gasteiger partial charge is 0.244 e. The maximum atomic E-state index is 12.1. The van der Waals surface area contributed by atoms with E-state index in [2.05, 4.69) is 12.2 Å². The molecule has 0 fully saturated rings. The van der Waals surface area contributed by atoms with E-state index in [0.29, 0.717) is 13.2 Å². The number of hydrogen-bond donors (Lipinski definition) is 1. The van der Waals surface area contributed by atoms with Crippen LogP contribution in [0.3, 0.4) is 0 Å². The third-order valence-electron chi connectivity index (χ3n) is 3.99. The topological polar surface area (TPSA) is 47.6 Å². The van der Waals surface area contributed by atoms with Crippen LogP contribution in [0.15, 0.2) is 30.3 Å². The number of amides is 1. The van der Waals surface area contributed by atoms with Crippen LogP contribution in [0.1, 0.15) is 34.7 Å². The molecule has 132 valence electrons. The number of rotatable bonds is 6. The molecule has 1 N–H and O–H groups in total. The van der Waals surface area contributed by atoms with E-state index in [4.69, 9.17) is 9.47 Å². The zero-order chi connectivity index (χ0) is 17.8. The number of aryl methyl sites for hydroxylation is 1. The lowest BCUT2D eigenvalue weighted by atomic mass is 10.1. The van der Waals surface area contributed by atoms with Crippen LogP contribution in [0.4, 0.5) is 0 Å². The summed E-state index contributed by atoms with van der Waals surface area (Å²) >= 11 is 1.66. The molecule has 2 aromatic rings. The highest BCUT2D eigenvalue weighted by Crippen LogP contribution is 2.35. The molecular weight excluding hydrogens is 334 g/mol. The second kappa shape index (κ2) is 7.74. The van der Waals surface area contributed by atoms with Crippen LogP contribution in [0.2, 0.25) is 0 Å². The summed E-state index contributed by atoms with van der Waals surface area (Å²) in [6.07, 6.45) is 4.48. The first-order chi connectivity index (χ1) is 12.0. The quantitative estimate of drug-likeness (QED) is 0.792. The molecule has 1 aliphatic rings. The Morgan fingerprint density at radius 2 is 2.28 bits per heavy atom. The maximum absolute atomic E-state index is 12.1. The average Bonchev–Trinajstić information content (AvgIpc) is 3.15. The van der Waals surface area contributed by atoms with Crippen molar-refractivity contribution in [1.29, 1.82) is 0 Å². The number of fused-ring (bicyclic) bond motifs is 1. The lowest BCUT2D eigenvalue weighted by Crippen LogP contribution is -2.20. The first-order valence-electron chi connectivity index (χ1n) is 8.52. The standard InChI is InChI=1S/C20H23NO3S/c1-4-23-18-10-15-9-13(2)24-19(15)11-16(18)12-21-20(22)8-7-17-6-5-14(3)25-17/h5-8,10-11,13H,4,9,12H2,1-3H3,(H,21,22)/b8-7+/t13-/m1/s1. The third kappa shape index (κ3) is 4.42. The number of carbonyl (C=O) groups excluding carboxylic acids is 1. The molecule has 0 saturated heterocycles. The number of hydrogen-bond acceptors (Lipinski definition) is 4. The SMILES string of the molecule is CCOc1cc2c(cc1CNC(=O)/C=C/c1ccc(C)s1)O[C@H](C)C2. The minimum Gasteiger partial charge on any atom is -0.494 e. The molecule has 1 aromatic heterocycles. The molecule has 1 amide bonds. The number of benzene rings is 1. The van der Waals surface area contributed by atoms with Gasteiger partial charge in [0.1, 0.15) is 17.6 Å². The third-order valence-corrected chi connectivity index (χ3v) is 4.96. The zero-order valence-electron chi connectivity index (χ0n) is 14.8. The molecule has 1 atom stereocenters. The molecule has 0 spiro atoms. The van der Waals surface area contributed by atoms with E-state index in [1.807, 2.05) is 44.2 Å². The van der Waals surface area contributed by atoms with Crippen molar-refractivity contribution >= 4 is 23.3 Å². The second-order valence-electron chi connectivity index (χ2n) is 6.13. The summed E-state index contributed by atoms with van der Waals surface area (Å²) < 4.78 is 11.6. The van der Waals surface area contributed by atoms with Gasteiger partial charge in [-0.2, -0.15) is 0 Å². The summed E-state index contributed by atoms with van der Waals surface area (Å²) in [5.41, 5.74) is 2.10. The normalized spacial score (nSPS) is 15.9. The van der Waals surface area contributed by atoms with Crippen LogP contribution in [-0.4, -0.2) is 18.6 Å². The second-order valence-corrected chi connectivity index (χ2v) is 7.45. The summed E-state index contributed by atoms with van der Waals surface area (Å²) in [5, 5.41) is 2.92. The molecule has 5 heteroatoms. The van der Waals surface area contributed by atoms with Gasteiger partial charge in [-0.05, 0) is 51.1 Å². The van der Waals surface area contributed by atoms with Crippen molar-refractivity contribution in [3.8, 4) is 11.5 Å². The molecular formula is C20H23NO3S. The van der Waals surface area contributed by atoms with Crippen LogP contribution in [0, 0.1) is 6.92 Å². The van der Waals surface area contributed by atoms with Gasteiger partial charge in [0.2, 0.25) is 5.91 Å².